The van der Waals surface area contributed by atoms with E-state index in [-0.39, 0.29) is 18.0 Å². The number of rotatable bonds is 5. The number of hydrogen-bond acceptors (Lipinski definition) is 3. The van der Waals surface area contributed by atoms with Gasteiger partial charge >= 0.3 is 0 Å². The van der Waals surface area contributed by atoms with E-state index in [0.717, 1.165) is 17.0 Å². The van der Waals surface area contributed by atoms with E-state index in [0.29, 0.717) is 0 Å². The molecule has 0 heterocycles. The molecule has 4 nitrogen and oxygen atoms in total. The van der Waals surface area contributed by atoms with Crippen LogP contribution in [0.15, 0.2) is 18.2 Å². The molecule has 1 aromatic rings. The lowest BCUT2D eigenvalue weighted by Gasteiger charge is -2.19. The molecular weight excluding hydrogens is 228 g/mol. The van der Waals surface area contributed by atoms with Gasteiger partial charge in [0.15, 0.2) is 0 Å². The molecule has 4 heteroatoms. The Labute approximate surface area is 109 Å². The first kappa shape index (κ1) is 14.4. The van der Waals surface area contributed by atoms with Crippen LogP contribution < -0.4 is 15.4 Å². The summed E-state index contributed by atoms with van der Waals surface area (Å²) in [6, 6.07) is 5.68. The summed E-state index contributed by atoms with van der Waals surface area (Å²) in [4.78, 5) is 11.8. The number of carbonyl (C=O) groups excluding carboxylic acids is 1. The zero-order valence-electron chi connectivity index (χ0n) is 11.7. The lowest BCUT2D eigenvalue weighted by molar-refractivity contribution is -0.122. The van der Waals surface area contributed by atoms with Crippen LogP contribution in [-0.4, -0.2) is 25.1 Å². The smallest absolute Gasteiger partial charge is 0.242 e. The first-order chi connectivity index (χ1) is 8.43. The molecule has 0 saturated carbocycles. The molecule has 1 amide bonds. The Kier molecular flexibility index (Phi) is 5.01. The van der Waals surface area contributed by atoms with Crippen molar-refractivity contribution in [3.05, 3.63) is 23.8 Å². The fourth-order valence-electron chi connectivity index (χ4n) is 1.64. The van der Waals surface area contributed by atoms with Gasteiger partial charge in [-0.2, -0.15) is 0 Å². The predicted octanol–water partition coefficient (Wildman–Crippen LogP) is 2.33. The Morgan fingerprint density at radius 3 is 2.50 bits per heavy atom. The van der Waals surface area contributed by atoms with E-state index in [1.165, 1.54) is 0 Å². The van der Waals surface area contributed by atoms with Crippen molar-refractivity contribution in [1.29, 1.82) is 0 Å². The van der Waals surface area contributed by atoms with E-state index < -0.39 is 0 Å². The second kappa shape index (κ2) is 6.28. The van der Waals surface area contributed by atoms with Gasteiger partial charge in [0, 0.05) is 6.04 Å². The SMILES string of the molecule is COc1ccc(C)cc1N[C@@H](C)C(=O)NC(C)C. The summed E-state index contributed by atoms with van der Waals surface area (Å²) >= 11 is 0. The summed E-state index contributed by atoms with van der Waals surface area (Å²) < 4.78 is 5.27. The van der Waals surface area contributed by atoms with E-state index in [1.807, 2.05) is 45.9 Å². The van der Waals surface area contributed by atoms with Crippen molar-refractivity contribution in [3.8, 4) is 5.75 Å². The molecule has 0 bridgehead atoms. The molecule has 2 N–H and O–H groups in total. The van der Waals surface area contributed by atoms with Gasteiger partial charge in [-0.15, -0.1) is 0 Å². The molecule has 0 spiro atoms. The van der Waals surface area contributed by atoms with Crippen molar-refractivity contribution in [2.75, 3.05) is 12.4 Å². The van der Waals surface area contributed by atoms with Crippen LogP contribution in [0.1, 0.15) is 26.3 Å². The fourth-order valence-corrected chi connectivity index (χ4v) is 1.64. The Morgan fingerprint density at radius 1 is 1.28 bits per heavy atom. The van der Waals surface area contributed by atoms with Crippen LogP contribution in [-0.2, 0) is 4.79 Å². The maximum Gasteiger partial charge on any atom is 0.242 e. The van der Waals surface area contributed by atoms with Crippen molar-refractivity contribution >= 4 is 11.6 Å². The van der Waals surface area contributed by atoms with Crippen LogP contribution >= 0.6 is 0 Å². The van der Waals surface area contributed by atoms with Crippen LogP contribution in [0.2, 0.25) is 0 Å². The van der Waals surface area contributed by atoms with Gasteiger partial charge < -0.3 is 15.4 Å². The highest BCUT2D eigenvalue weighted by Gasteiger charge is 2.15. The molecule has 0 aliphatic rings. The number of aryl methyl sites for hydroxylation is 1. The number of benzene rings is 1. The molecule has 0 aliphatic heterocycles. The number of carbonyl (C=O) groups is 1. The molecule has 0 aliphatic carbocycles. The van der Waals surface area contributed by atoms with E-state index in [2.05, 4.69) is 10.6 Å². The molecule has 0 aromatic heterocycles. The zero-order valence-corrected chi connectivity index (χ0v) is 11.7. The highest BCUT2D eigenvalue weighted by Crippen LogP contribution is 2.25. The van der Waals surface area contributed by atoms with Gasteiger partial charge in [0.2, 0.25) is 5.91 Å². The Balaban J connectivity index is 2.77. The maximum absolute atomic E-state index is 11.8. The molecule has 18 heavy (non-hydrogen) atoms. The summed E-state index contributed by atoms with van der Waals surface area (Å²) in [5.74, 6) is 0.721. The lowest BCUT2D eigenvalue weighted by Crippen LogP contribution is -2.41. The normalized spacial score (nSPS) is 12.1. The first-order valence-corrected chi connectivity index (χ1v) is 6.15. The average Bonchev–Trinajstić information content (AvgIpc) is 2.28. The minimum Gasteiger partial charge on any atom is -0.495 e. The predicted molar refractivity (Wildman–Crippen MR) is 74.1 cm³/mol. The summed E-state index contributed by atoms with van der Waals surface area (Å²) in [6.45, 7) is 7.72. The topological polar surface area (TPSA) is 50.4 Å². The zero-order chi connectivity index (χ0) is 13.7. The quantitative estimate of drug-likeness (QED) is 0.843. The van der Waals surface area contributed by atoms with Crippen LogP contribution in [0.3, 0.4) is 0 Å². The minimum absolute atomic E-state index is 0.0199. The van der Waals surface area contributed by atoms with Crippen LogP contribution in [0, 0.1) is 6.92 Å². The average molecular weight is 250 g/mol. The van der Waals surface area contributed by atoms with Crippen molar-refractivity contribution in [1.82, 2.24) is 5.32 Å². The van der Waals surface area contributed by atoms with Gasteiger partial charge in [-0.3, -0.25) is 4.79 Å². The number of nitrogens with one attached hydrogen (secondary N) is 2. The highest BCUT2D eigenvalue weighted by molar-refractivity contribution is 5.84. The number of amides is 1. The summed E-state index contributed by atoms with van der Waals surface area (Å²) in [7, 11) is 1.62. The molecule has 1 aromatic carbocycles. The van der Waals surface area contributed by atoms with E-state index in [9.17, 15) is 4.79 Å². The molecule has 1 atom stereocenters. The molecule has 0 unspecified atom stereocenters. The lowest BCUT2D eigenvalue weighted by atomic mass is 10.2. The van der Waals surface area contributed by atoms with Gasteiger partial charge in [0.1, 0.15) is 11.8 Å². The molecule has 0 radical (unpaired) electrons. The van der Waals surface area contributed by atoms with Crippen molar-refractivity contribution in [2.45, 2.75) is 39.8 Å². The van der Waals surface area contributed by atoms with E-state index in [1.54, 1.807) is 7.11 Å². The van der Waals surface area contributed by atoms with Crippen LogP contribution in [0.5, 0.6) is 5.75 Å². The standard InChI is InChI=1S/C14H22N2O2/c1-9(2)15-14(17)11(4)16-12-8-10(3)6-7-13(12)18-5/h6-9,11,16H,1-5H3,(H,15,17)/t11-/m0/s1. The van der Waals surface area contributed by atoms with Gasteiger partial charge in [0.05, 0.1) is 12.8 Å². The first-order valence-electron chi connectivity index (χ1n) is 6.15. The highest BCUT2D eigenvalue weighted by atomic mass is 16.5. The largest absolute Gasteiger partial charge is 0.495 e. The monoisotopic (exact) mass is 250 g/mol. The third-order valence-corrected chi connectivity index (χ3v) is 2.55. The second-order valence-electron chi connectivity index (χ2n) is 4.73. The van der Waals surface area contributed by atoms with Gasteiger partial charge in [-0.25, -0.2) is 0 Å². The van der Waals surface area contributed by atoms with Crippen LogP contribution in [0.4, 0.5) is 5.69 Å². The number of anilines is 1. The summed E-state index contributed by atoms with van der Waals surface area (Å²) in [5.41, 5.74) is 1.96. The fraction of sp³-hybridized carbons (Fsp3) is 0.500. The third kappa shape index (κ3) is 3.95. The summed E-state index contributed by atoms with van der Waals surface area (Å²) in [5, 5.41) is 6.04. The molecule has 100 valence electrons. The van der Waals surface area contributed by atoms with Crippen LogP contribution in [0.25, 0.3) is 0 Å². The summed E-state index contributed by atoms with van der Waals surface area (Å²) in [6.07, 6.45) is 0. The number of hydrogen-bond donors (Lipinski definition) is 2. The Hall–Kier alpha value is -1.71. The molecule has 0 fully saturated rings. The van der Waals surface area contributed by atoms with Crippen molar-refractivity contribution in [3.63, 3.8) is 0 Å². The minimum atomic E-state index is -0.303. The van der Waals surface area contributed by atoms with Gasteiger partial charge in [0.25, 0.3) is 0 Å². The Bertz CT molecular complexity index is 416. The molecule has 1 rings (SSSR count). The van der Waals surface area contributed by atoms with Gasteiger partial charge in [-0.05, 0) is 45.4 Å². The third-order valence-electron chi connectivity index (χ3n) is 2.55. The van der Waals surface area contributed by atoms with Crippen molar-refractivity contribution < 1.29 is 9.53 Å². The van der Waals surface area contributed by atoms with Gasteiger partial charge in [-0.1, -0.05) is 6.07 Å². The molecular formula is C14H22N2O2. The van der Waals surface area contributed by atoms with Crippen molar-refractivity contribution in [2.24, 2.45) is 0 Å². The van der Waals surface area contributed by atoms with E-state index >= 15 is 0 Å². The molecule has 0 saturated heterocycles. The number of methoxy groups -OCH3 is 1. The van der Waals surface area contributed by atoms with E-state index in [4.69, 9.17) is 4.74 Å². The second-order valence-corrected chi connectivity index (χ2v) is 4.73. The number of ether oxygens (including phenoxy) is 1. The Morgan fingerprint density at radius 2 is 1.94 bits per heavy atom. The maximum atomic E-state index is 11.8.